The van der Waals surface area contributed by atoms with E-state index in [4.69, 9.17) is 4.74 Å². The molecule has 0 aliphatic heterocycles. The Morgan fingerprint density at radius 2 is 2.00 bits per heavy atom. The molecule has 0 aliphatic carbocycles. The van der Waals surface area contributed by atoms with Crippen LogP contribution in [0.15, 0.2) is 21.1 Å². The molecule has 0 aliphatic rings. The number of nitrogens with one attached hydrogen (secondary N) is 1. The van der Waals surface area contributed by atoms with E-state index in [9.17, 15) is 0 Å². The monoisotopic (exact) mass is 336 g/mol. The molecule has 1 aromatic carbocycles. The first kappa shape index (κ1) is 13.0. The molecule has 0 atom stereocenters. The van der Waals surface area contributed by atoms with E-state index in [1.165, 1.54) is 0 Å². The first-order valence-corrected chi connectivity index (χ1v) is 6.06. The number of methoxy groups -OCH3 is 1. The Morgan fingerprint density at radius 3 is 2.53 bits per heavy atom. The van der Waals surface area contributed by atoms with Crippen LogP contribution in [-0.4, -0.2) is 26.2 Å². The van der Waals surface area contributed by atoms with E-state index in [0.717, 1.165) is 26.8 Å². The molecule has 0 heterocycles. The minimum absolute atomic E-state index is 0.730. The highest BCUT2D eigenvalue weighted by atomic mass is 79.9. The normalized spacial score (nSPS) is 10.8. The average molecular weight is 338 g/mol. The Hall–Kier alpha value is -0.100. The van der Waals surface area contributed by atoms with Crippen LogP contribution >= 0.6 is 31.9 Å². The third kappa shape index (κ3) is 3.75. The van der Waals surface area contributed by atoms with E-state index < -0.39 is 0 Å². The molecule has 5 heteroatoms. The van der Waals surface area contributed by atoms with Crippen LogP contribution in [0.1, 0.15) is 5.56 Å². The van der Waals surface area contributed by atoms with E-state index in [2.05, 4.69) is 37.3 Å². The zero-order valence-electron chi connectivity index (χ0n) is 8.97. The topological polar surface area (TPSA) is 24.5 Å². The Labute approximate surface area is 107 Å². The van der Waals surface area contributed by atoms with Crippen molar-refractivity contribution in [1.82, 2.24) is 10.4 Å². The van der Waals surface area contributed by atoms with Gasteiger partial charge in [0.15, 0.2) is 0 Å². The fraction of sp³-hybridized carbons (Fsp3) is 0.400. The highest BCUT2D eigenvalue weighted by molar-refractivity contribution is 9.11. The molecule has 1 N–H and O–H groups in total. The minimum Gasteiger partial charge on any atom is -0.495 e. The van der Waals surface area contributed by atoms with Crippen LogP contribution in [0, 0.1) is 0 Å². The smallest absolute Gasteiger partial charge is 0.137 e. The molecular formula is C10H14Br2N2O. The van der Waals surface area contributed by atoms with E-state index >= 15 is 0 Å². The third-order valence-corrected chi connectivity index (χ3v) is 2.92. The van der Waals surface area contributed by atoms with Crippen LogP contribution in [-0.2, 0) is 6.54 Å². The summed E-state index contributed by atoms with van der Waals surface area (Å²) < 4.78 is 7.32. The molecule has 0 unspecified atom stereocenters. The van der Waals surface area contributed by atoms with Gasteiger partial charge in [0.25, 0.3) is 0 Å². The number of benzene rings is 1. The van der Waals surface area contributed by atoms with Gasteiger partial charge in [-0.15, -0.1) is 0 Å². The lowest BCUT2D eigenvalue weighted by atomic mass is 10.2. The van der Waals surface area contributed by atoms with Gasteiger partial charge in [0, 0.05) is 30.7 Å². The van der Waals surface area contributed by atoms with Gasteiger partial charge in [-0.05, 0) is 28.1 Å². The molecule has 84 valence electrons. The van der Waals surface area contributed by atoms with E-state index in [-0.39, 0.29) is 0 Å². The standard InChI is InChI=1S/C10H14Br2N2O/c1-14(2)13-6-7-4-8(11)5-9(12)10(7)15-3/h4-5,13H,6H2,1-3H3. The lowest BCUT2D eigenvalue weighted by molar-refractivity contribution is 0.282. The second-order valence-electron chi connectivity index (χ2n) is 3.31. The predicted molar refractivity (Wildman–Crippen MR) is 68.9 cm³/mol. The molecule has 3 nitrogen and oxygen atoms in total. The largest absolute Gasteiger partial charge is 0.495 e. The van der Waals surface area contributed by atoms with Crippen molar-refractivity contribution in [3.8, 4) is 5.75 Å². The molecule has 0 spiro atoms. The lowest BCUT2D eigenvalue weighted by Crippen LogP contribution is -2.29. The summed E-state index contributed by atoms with van der Waals surface area (Å²) >= 11 is 6.93. The van der Waals surface area contributed by atoms with Gasteiger partial charge in [0.1, 0.15) is 5.75 Å². The SMILES string of the molecule is COc1c(Br)cc(Br)cc1CNN(C)C. The van der Waals surface area contributed by atoms with Crippen molar-refractivity contribution in [2.45, 2.75) is 6.54 Å². The van der Waals surface area contributed by atoms with Crippen molar-refractivity contribution >= 4 is 31.9 Å². The van der Waals surface area contributed by atoms with Gasteiger partial charge in [0.05, 0.1) is 11.6 Å². The van der Waals surface area contributed by atoms with Crippen LogP contribution in [0.5, 0.6) is 5.75 Å². The molecule has 0 saturated heterocycles. The van der Waals surface area contributed by atoms with Crippen LogP contribution in [0.25, 0.3) is 0 Å². The summed E-state index contributed by atoms with van der Waals surface area (Å²) in [5.74, 6) is 0.868. The number of halogens is 2. The summed E-state index contributed by atoms with van der Waals surface area (Å²) in [5.41, 5.74) is 4.31. The van der Waals surface area contributed by atoms with Crippen LogP contribution < -0.4 is 10.2 Å². The minimum atomic E-state index is 0.730. The summed E-state index contributed by atoms with van der Waals surface area (Å²) in [6, 6.07) is 4.01. The molecule has 0 radical (unpaired) electrons. The molecular weight excluding hydrogens is 324 g/mol. The summed E-state index contributed by atoms with van der Waals surface area (Å²) in [4.78, 5) is 0. The van der Waals surface area contributed by atoms with E-state index in [0.29, 0.717) is 0 Å². The summed E-state index contributed by atoms with van der Waals surface area (Å²) in [7, 11) is 5.59. The molecule has 15 heavy (non-hydrogen) atoms. The van der Waals surface area contributed by atoms with Crippen LogP contribution in [0.4, 0.5) is 0 Å². The quantitative estimate of drug-likeness (QED) is 0.855. The molecule has 0 saturated carbocycles. The number of hydrogen-bond acceptors (Lipinski definition) is 3. The van der Waals surface area contributed by atoms with Crippen LogP contribution in [0.3, 0.4) is 0 Å². The van der Waals surface area contributed by atoms with E-state index in [1.807, 2.05) is 31.2 Å². The first-order chi connectivity index (χ1) is 7.04. The van der Waals surface area contributed by atoms with Crippen molar-refractivity contribution in [3.63, 3.8) is 0 Å². The highest BCUT2D eigenvalue weighted by Crippen LogP contribution is 2.32. The van der Waals surface area contributed by atoms with Gasteiger partial charge in [-0.1, -0.05) is 15.9 Å². The van der Waals surface area contributed by atoms with Gasteiger partial charge in [-0.2, -0.15) is 0 Å². The average Bonchev–Trinajstić information content (AvgIpc) is 2.13. The second-order valence-corrected chi connectivity index (χ2v) is 5.08. The summed E-state index contributed by atoms with van der Waals surface area (Å²) in [6.07, 6.45) is 0. The van der Waals surface area contributed by atoms with Crippen molar-refractivity contribution in [1.29, 1.82) is 0 Å². The zero-order chi connectivity index (χ0) is 11.4. The van der Waals surface area contributed by atoms with E-state index in [1.54, 1.807) is 7.11 Å². The van der Waals surface area contributed by atoms with Gasteiger partial charge in [-0.3, -0.25) is 10.4 Å². The fourth-order valence-electron chi connectivity index (χ4n) is 1.22. The van der Waals surface area contributed by atoms with Gasteiger partial charge in [0.2, 0.25) is 0 Å². The highest BCUT2D eigenvalue weighted by Gasteiger charge is 2.08. The Balaban J connectivity index is 2.93. The number of ether oxygens (including phenoxy) is 1. The Bertz CT molecular complexity index is 342. The predicted octanol–water partition coefficient (Wildman–Crippen LogP) is 2.79. The van der Waals surface area contributed by atoms with Crippen molar-refractivity contribution in [3.05, 3.63) is 26.6 Å². The lowest BCUT2D eigenvalue weighted by Gasteiger charge is -2.15. The maximum absolute atomic E-state index is 5.34. The second kappa shape index (κ2) is 5.84. The van der Waals surface area contributed by atoms with Crippen molar-refractivity contribution in [2.75, 3.05) is 21.2 Å². The maximum Gasteiger partial charge on any atom is 0.137 e. The molecule has 0 fully saturated rings. The Morgan fingerprint density at radius 1 is 1.33 bits per heavy atom. The number of nitrogens with zero attached hydrogens (tertiary/aromatic N) is 1. The van der Waals surface area contributed by atoms with Gasteiger partial charge in [-0.25, -0.2) is 0 Å². The molecule has 1 aromatic rings. The van der Waals surface area contributed by atoms with Crippen LogP contribution in [0.2, 0.25) is 0 Å². The maximum atomic E-state index is 5.34. The fourth-order valence-corrected chi connectivity index (χ4v) is 2.69. The molecule has 0 amide bonds. The Kier molecular flexibility index (Phi) is 5.05. The number of hydrogen-bond donors (Lipinski definition) is 1. The van der Waals surface area contributed by atoms with Crippen molar-refractivity contribution in [2.24, 2.45) is 0 Å². The number of hydrazine groups is 1. The van der Waals surface area contributed by atoms with Gasteiger partial charge < -0.3 is 4.74 Å². The molecule has 0 bridgehead atoms. The third-order valence-electron chi connectivity index (χ3n) is 1.88. The summed E-state index contributed by atoms with van der Waals surface area (Å²) in [5, 5.41) is 1.91. The van der Waals surface area contributed by atoms with Crippen molar-refractivity contribution < 1.29 is 4.74 Å². The summed E-state index contributed by atoms with van der Waals surface area (Å²) in [6.45, 7) is 0.730. The zero-order valence-corrected chi connectivity index (χ0v) is 12.1. The van der Waals surface area contributed by atoms with Gasteiger partial charge >= 0.3 is 0 Å². The molecule has 0 aromatic heterocycles. The molecule has 1 rings (SSSR count). The number of rotatable bonds is 4. The first-order valence-electron chi connectivity index (χ1n) is 4.47.